The molecular formula is C21H21N3O4. The lowest BCUT2D eigenvalue weighted by Gasteiger charge is -2.25. The van der Waals surface area contributed by atoms with Crippen molar-refractivity contribution in [3.05, 3.63) is 72.1 Å². The largest absolute Gasteiger partial charge is 0.444 e. The van der Waals surface area contributed by atoms with Crippen molar-refractivity contribution in [1.82, 2.24) is 15.1 Å². The van der Waals surface area contributed by atoms with E-state index in [9.17, 15) is 9.59 Å². The molecule has 0 aliphatic carbocycles. The molecule has 1 aromatic heterocycles. The summed E-state index contributed by atoms with van der Waals surface area (Å²) in [7, 11) is 0. The number of hydrogen-bond acceptors (Lipinski definition) is 6. The molecule has 3 rings (SSSR count). The maximum Gasteiger partial charge on any atom is 0.339 e. The Morgan fingerprint density at radius 2 is 1.71 bits per heavy atom. The summed E-state index contributed by atoms with van der Waals surface area (Å²) < 4.78 is 10.8. The summed E-state index contributed by atoms with van der Waals surface area (Å²) in [6, 6.07) is 15.6. The van der Waals surface area contributed by atoms with Crippen LogP contribution in [0, 0.1) is 0 Å². The molecule has 1 amide bonds. The number of esters is 1. The highest BCUT2D eigenvalue weighted by Crippen LogP contribution is 2.23. The normalized spacial score (nSPS) is 11.6. The molecule has 0 fully saturated rings. The molecule has 3 aromatic rings. The molecule has 0 saturated carbocycles. The van der Waals surface area contributed by atoms with Gasteiger partial charge in [0.2, 0.25) is 18.4 Å². The van der Waals surface area contributed by atoms with Gasteiger partial charge in [-0.15, -0.1) is 10.2 Å². The van der Waals surface area contributed by atoms with Crippen LogP contribution < -0.4 is 0 Å². The number of ether oxygens (including phenoxy) is 1. The molecule has 0 aliphatic rings. The third-order valence-corrected chi connectivity index (χ3v) is 4.35. The molecule has 0 bridgehead atoms. The van der Waals surface area contributed by atoms with E-state index >= 15 is 0 Å². The summed E-state index contributed by atoms with van der Waals surface area (Å²) in [4.78, 5) is 27.2. The number of hydrogen-bond donors (Lipinski definition) is 0. The number of likely N-dealkylation sites (N-methyl/N-ethyl adjacent to an activating group) is 1. The predicted molar refractivity (Wildman–Crippen MR) is 102 cm³/mol. The lowest BCUT2D eigenvalue weighted by atomic mass is 10.1. The number of carbonyl (C=O) groups excluding carboxylic acids is 2. The molecule has 0 unspecified atom stereocenters. The van der Waals surface area contributed by atoms with Crippen LogP contribution in [0.15, 0.2) is 65.4 Å². The quantitative estimate of drug-likeness (QED) is 0.584. The third-order valence-electron chi connectivity index (χ3n) is 4.35. The monoisotopic (exact) mass is 379 g/mol. The fraction of sp³-hybridized carbons (Fsp3) is 0.238. The Bertz CT molecular complexity index is 905. The Balaban J connectivity index is 1.82. The van der Waals surface area contributed by atoms with Crippen LogP contribution in [0.4, 0.5) is 0 Å². The SMILES string of the molecule is CCN(CC)C(=O)[C@H](OC(=O)c1ccc(-c2nnco2)cc1)c1ccccc1. The minimum Gasteiger partial charge on any atom is -0.444 e. The zero-order valence-electron chi connectivity index (χ0n) is 15.7. The van der Waals surface area contributed by atoms with Crippen molar-refractivity contribution in [2.24, 2.45) is 0 Å². The number of carbonyl (C=O) groups is 2. The highest BCUT2D eigenvalue weighted by molar-refractivity contribution is 5.93. The molecule has 28 heavy (non-hydrogen) atoms. The van der Waals surface area contributed by atoms with E-state index in [0.29, 0.717) is 35.7 Å². The lowest BCUT2D eigenvalue weighted by molar-refractivity contribution is -0.140. The second-order valence-corrected chi connectivity index (χ2v) is 6.03. The van der Waals surface area contributed by atoms with E-state index in [1.165, 1.54) is 6.39 Å². The molecule has 0 aliphatic heterocycles. The second-order valence-electron chi connectivity index (χ2n) is 6.03. The summed E-state index contributed by atoms with van der Waals surface area (Å²) >= 11 is 0. The van der Waals surface area contributed by atoms with Crippen molar-refractivity contribution < 1.29 is 18.7 Å². The highest BCUT2D eigenvalue weighted by atomic mass is 16.5. The summed E-state index contributed by atoms with van der Waals surface area (Å²) in [5.41, 5.74) is 1.65. The fourth-order valence-corrected chi connectivity index (χ4v) is 2.81. The van der Waals surface area contributed by atoms with Gasteiger partial charge in [-0.1, -0.05) is 30.3 Å². The van der Waals surface area contributed by atoms with Gasteiger partial charge in [-0.3, -0.25) is 4.79 Å². The molecule has 7 nitrogen and oxygen atoms in total. The first-order valence-electron chi connectivity index (χ1n) is 9.05. The molecule has 0 N–H and O–H groups in total. The Kier molecular flexibility index (Phi) is 6.16. The topological polar surface area (TPSA) is 85.5 Å². The molecular weight excluding hydrogens is 358 g/mol. The van der Waals surface area contributed by atoms with Gasteiger partial charge in [0.15, 0.2) is 0 Å². The van der Waals surface area contributed by atoms with Crippen LogP contribution in [0.2, 0.25) is 0 Å². The van der Waals surface area contributed by atoms with Gasteiger partial charge in [0.05, 0.1) is 5.56 Å². The van der Waals surface area contributed by atoms with E-state index in [1.807, 2.05) is 32.0 Å². The molecule has 0 saturated heterocycles. The summed E-state index contributed by atoms with van der Waals surface area (Å²) in [5.74, 6) is -0.461. The first-order chi connectivity index (χ1) is 13.6. The zero-order chi connectivity index (χ0) is 19.9. The standard InChI is InChI=1S/C21H21N3O4/c1-3-24(4-2)20(25)18(15-8-6-5-7-9-15)28-21(26)17-12-10-16(11-13-17)19-23-22-14-27-19/h5-14,18H,3-4H2,1-2H3/t18-/m1/s1. The van der Waals surface area contributed by atoms with E-state index in [4.69, 9.17) is 9.15 Å². The van der Waals surface area contributed by atoms with Gasteiger partial charge in [0, 0.05) is 24.2 Å². The van der Waals surface area contributed by atoms with Gasteiger partial charge >= 0.3 is 5.97 Å². The van der Waals surface area contributed by atoms with Gasteiger partial charge in [0.25, 0.3) is 5.91 Å². The summed E-state index contributed by atoms with van der Waals surface area (Å²) in [6.45, 7) is 4.85. The van der Waals surface area contributed by atoms with Crippen molar-refractivity contribution in [1.29, 1.82) is 0 Å². The van der Waals surface area contributed by atoms with E-state index in [1.54, 1.807) is 41.3 Å². The number of aromatic nitrogens is 2. The smallest absolute Gasteiger partial charge is 0.339 e. The summed E-state index contributed by atoms with van der Waals surface area (Å²) in [6.07, 6.45) is 0.241. The van der Waals surface area contributed by atoms with Crippen molar-refractivity contribution in [3.8, 4) is 11.5 Å². The Morgan fingerprint density at radius 3 is 2.29 bits per heavy atom. The molecule has 2 aromatic carbocycles. The van der Waals surface area contributed by atoms with Crippen LogP contribution in [0.5, 0.6) is 0 Å². The minimum atomic E-state index is -0.996. The molecule has 1 heterocycles. The number of nitrogens with zero attached hydrogens (tertiary/aromatic N) is 3. The van der Waals surface area contributed by atoms with Crippen LogP contribution >= 0.6 is 0 Å². The lowest BCUT2D eigenvalue weighted by Crippen LogP contribution is -2.36. The maximum atomic E-state index is 12.9. The minimum absolute atomic E-state index is 0.243. The van der Waals surface area contributed by atoms with E-state index in [0.717, 1.165) is 0 Å². The van der Waals surface area contributed by atoms with Gasteiger partial charge in [-0.2, -0.15) is 0 Å². The number of benzene rings is 2. The molecule has 144 valence electrons. The number of rotatable bonds is 7. The fourth-order valence-electron chi connectivity index (χ4n) is 2.81. The average molecular weight is 379 g/mol. The number of amides is 1. The van der Waals surface area contributed by atoms with Crippen LogP contribution in [-0.4, -0.2) is 40.1 Å². The highest BCUT2D eigenvalue weighted by Gasteiger charge is 2.28. The first kappa shape index (κ1) is 19.3. The van der Waals surface area contributed by atoms with Crippen molar-refractivity contribution in [2.45, 2.75) is 20.0 Å². The predicted octanol–water partition coefficient (Wildman–Crippen LogP) is 3.50. The van der Waals surface area contributed by atoms with Crippen molar-refractivity contribution in [3.63, 3.8) is 0 Å². The van der Waals surface area contributed by atoms with E-state index < -0.39 is 12.1 Å². The maximum absolute atomic E-state index is 12.9. The van der Waals surface area contributed by atoms with Gasteiger partial charge < -0.3 is 14.1 Å². The molecule has 7 heteroatoms. The van der Waals surface area contributed by atoms with E-state index in [2.05, 4.69) is 10.2 Å². The molecule has 0 radical (unpaired) electrons. The van der Waals surface area contributed by atoms with Gasteiger partial charge in [0.1, 0.15) is 0 Å². The second kappa shape index (κ2) is 8.94. The first-order valence-corrected chi connectivity index (χ1v) is 9.05. The van der Waals surface area contributed by atoms with Gasteiger partial charge in [-0.25, -0.2) is 4.79 Å². The van der Waals surface area contributed by atoms with Gasteiger partial charge in [-0.05, 0) is 38.1 Å². The van der Waals surface area contributed by atoms with Crippen LogP contribution in [0.1, 0.15) is 35.9 Å². The van der Waals surface area contributed by atoms with E-state index in [-0.39, 0.29) is 5.91 Å². The van der Waals surface area contributed by atoms with Crippen molar-refractivity contribution >= 4 is 11.9 Å². The van der Waals surface area contributed by atoms with Crippen molar-refractivity contribution in [2.75, 3.05) is 13.1 Å². The van der Waals surface area contributed by atoms with Crippen LogP contribution in [-0.2, 0) is 9.53 Å². The third kappa shape index (κ3) is 4.25. The molecule has 0 spiro atoms. The van der Waals surface area contributed by atoms with Crippen LogP contribution in [0.25, 0.3) is 11.5 Å². The Hall–Kier alpha value is -3.48. The Labute approximate surface area is 162 Å². The summed E-state index contributed by atoms with van der Waals surface area (Å²) in [5, 5.41) is 7.46. The van der Waals surface area contributed by atoms with Crippen LogP contribution in [0.3, 0.4) is 0 Å². The average Bonchev–Trinajstić information content (AvgIpc) is 3.28. The molecule has 1 atom stereocenters. The Morgan fingerprint density at radius 1 is 1.04 bits per heavy atom. The zero-order valence-corrected chi connectivity index (χ0v) is 15.7.